The zero-order valence-corrected chi connectivity index (χ0v) is 12.9. The van der Waals surface area contributed by atoms with Gasteiger partial charge in [-0.2, -0.15) is 0 Å². The number of hydrogen-bond donors (Lipinski definition) is 1. The lowest BCUT2D eigenvalue weighted by Crippen LogP contribution is -2.34. The maximum absolute atomic E-state index is 3.52. The molecule has 0 amide bonds. The summed E-state index contributed by atoms with van der Waals surface area (Å²) in [5.74, 6) is 2.67. The van der Waals surface area contributed by atoms with Crippen molar-refractivity contribution in [3.63, 3.8) is 0 Å². The van der Waals surface area contributed by atoms with Crippen molar-refractivity contribution in [1.82, 2.24) is 10.2 Å². The molecule has 0 radical (unpaired) electrons. The van der Waals surface area contributed by atoms with Gasteiger partial charge in [0, 0.05) is 25.7 Å². The lowest BCUT2D eigenvalue weighted by atomic mass is 9.94. The van der Waals surface area contributed by atoms with Gasteiger partial charge >= 0.3 is 0 Å². The van der Waals surface area contributed by atoms with E-state index >= 15 is 0 Å². The Morgan fingerprint density at radius 3 is 2.40 bits per heavy atom. The first-order valence-electron chi connectivity index (χ1n) is 8.22. The molecule has 0 spiro atoms. The third-order valence-electron chi connectivity index (χ3n) is 5.39. The van der Waals surface area contributed by atoms with Crippen LogP contribution in [0.2, 0.25) is 0 Å². The average Bonchev–Trinajstić information content (AvgIpc) is 3.01. The molecule has 1 heterocycles. The van der Waals surface area contributed by atoms with E-state index in [-0.39, 0.29) is 0 Å². The molecule has 2 fully saturated rings. The molecular weight excluding hydrogens is 244 g/mol. The van der Waals surface area contributed by atoms with E-state index in [1.54, 1.807) is 0 Å². The van der Waals surface area contributed by atoms with Crippen molar-refractivity contribution in [1.29, 1.82) is 0 Å². The molecule has 0 aromatic heterocycles. The van der Waals surface area contributed by atoms with Gasteiger partial charge in [0.25, 0.3) is 0 Å². The molecule has 2 nitrogen and oxygen atoms in total. The summed E-state index contributed by atoms with van der Waals surface area (Å²) in [5.41, 5.74) is 1.42. The van der Waals surface area contributed by atoms with E-state index in [1.165, 1.54) is 44.5 Å². The topological polar surface area (TPSA) is 15.3 Å². The van der Waals surface area contributed by atoms with Crippen LogP contribution in [0, 0.1) is 17.8 Å². The van der Waals surface area contributed by atoms with Gasteiger partial charge < -0.3 is 10.2 Å². The first-order chi connectivity index (χ1) is 9.78. The Kier molecular flexibility index (Phi) is 4.42. The van der Waals surface area contributed by atoms with Crippen molar-refractivity contribution in [3.05, 3.63) is 35.9 Å². The number of rotatable bonds is 5. The van der Waals surface area contributed by atoms with Crippen LogP contribution in [-0.4, -0.2) is 31.6 Å². The summed E-state index contributed by atoms with van der Waals surface area (Å²) in [7, 11) is 2.09. The number of nitrogens with one attached hydrogen (secondary N) is 1. The average molecular weight is 272 g/mol. The number of nitrogens with zero attached hydrogens (tertiary/aromatic N) is 1. The smallest absolute Gasteiger partial charge is 0.0355 e. The first kappa shape index (κ1) is 14.1. The van der Waals surface area contributed by atoms with Crippen molar-refractivity contribution in [2.45, 2.75) is 32.2 Å². The fourth-order valence-corrected chi connectivity index (χ4v) is 4.43. The maximum atomic E-state index is 3.52. The monoisotopic (exact) mass is 272 g/mol. The van der Waals surface area contributed by atoms with E-state index in [9.17, 15) is 0 Å². The molecule has 1 aliphatic carbocycles. The standard InChI is InChI=1S/C18H28N2/c1-14(18(19-2)15-7-4-3-5-8-15)11-20-12-16-9-6-10-17(16)13-20/h3-5,7-8,14,16-19H,6,9-13H2,1-2H3. The number of benzene rings is 1. The Morgan fingerprint density at radius 2 is 1.80 bits per heavy atom. The van der Waals surface area contributed by atoms with E-state index in [0.717, 1.165) is 11.8 Å². The minimum Gasteiger partial charge on any atom is -0.313 e. The molecule has 4 unspecified atom stereocenters. The van der Waals surface area contributed by atoms with E-state index in [0.29, 0.717) is 12.0 Å². The second-order valence-corrected chi connectivity index (χ2v) is 6.82. The number of fused-ring (bicyclic) bond motifs is 1. The van der Waals surface area contributed by atoms with Crippen molar-refractivity contribution >= 4 is 0 Å². The summed E-state index contributed by atoms with van der Waals surface area (Å²) in [6.07, 6.45) is 4.43. The van der Waals surface area contributed by atoms with E-state index in [4.69, 9.17) is 0 Å². The zero-order chi connectivity index (χ0) is 13.9. The minimum atomic E-state index is 0.469. The van der Waals surface area contributed by atoms with Gasteiger partial charge in [0.1, 0.15) is 0 Å². The normalized spacial score (nSPS) is 29.3. The van der Waals surface area contributed by atoms with Gasteiger partial charge in [0.15, 0.2) is 0 Å². The van der Waals surface area contributed by atoms with E-state index < -0.39 is 0 Å². The highest BCUT2D eigenvalue weighted by Crippen LogP contribution is 2.38. The van der Waals surface area contributed by atoms with Crippen LogP contribution in [0.5, 0.6) is 0 Å². The largest absolute Gasteiger partial charge is 0.313 e. The minimum absolute atomic E-state index is 0.469. The van der Waals surface area contributed by atoms with Gasteiger partial charge in [-0.15, -0.1) is 0 Å². The van der Waals surface area contributed by atoms with E-state index in [1.807, 2.05) is 0 Å². The Balaban J connectivity index is 1.59. The summed E-state index contributed by atoms with van der Waals surface area (Å²) in [6, 6.07) is 11.4. The number of likely N-dealkylation sites (tertiary alicyclic amines) is 1. The van der Waals surface area contributed by atoms with Gasteiger partial charge in [-0.1, -0.05) is 43.7 Å². The van der Waals surface area contributed by atoms with Gasteiger partial charge in [0.05, 0.1) is 0 Å². The molecule has 1 aromatic carbocycles. The molecule has 2 aliphatic rings. The molecule has 1 saturated carbocycles. The van der Waals surface area contributed by atoms with Crippen LogP contribution in [0.1, 0.15) is 37.8 Å². The summed E-state index contributed by atoms with van der Waals surface area (Å²) in [5, 5.41) is 3.52. The van der Waals surface area contributed by atoms with Crippen LogP contribution in [0.15, 0.2) is 30.3 Å². The molecule has 1 aliphatic heterocycles. The van der Waals surface area contributed by atoms with Crippen LogP contribution in [0.25, 0.3) is 0 Å². The molecule has 1 saturated heterocycles. The highest BCUT2D eigenvalue weighted by molar-refractivity contribution is 5.19. The van der Waals surface area contributed by atoms with Crippen molar-refractivity contribution in [3.8, 4) is 0 Å². The molecule has 1 N–H and O–H groups in total. The molecule has 0 bridgehead atoms. The highest BCUT2D eigenvalue weighted by Gasteiger charge is 2.36. The van der Waals surface area contributed by atoms with Crippen molar-refractivity contribution in [2.75, 3.05) is 26.7 Å². The van der Waals surface area contributed by atoms with Gasteiger partial charge in [-0.3, -0.25) is 0 Å². The number of hydrogen-bond acceptors (Lipinski definition) is 2. The van der Waals surface area contributed by atoms with Crippen LogP contribution < -0.4 is 5.32 Å². The molecule has 2 heteroatoms. The Bertz CT molecular complexity index is 405. The zero-order valence-electron chi connectivity index (χ0n) is 12.9. The van der Waals surface area contributed by atoms with Crippen LogP contribution >= 0.6 is 0 Å². The molecule has 1 aromatic rings. The summed E-state index contributed by atoms with van der Waals surface area (Å²) in [6.45, 7) is 6.32. The molecule has 20 heavy (non-hydrogen) atoms. The van der Waals surface area contributed by atoms with Crippen LogP contribution in [0.4, 0.5) is 0 Å². The fourth-order valence-electron chi connectivity index (χ4n) is 4.43. The maximum Gasteiger partial charge on any atom is 0.0355 e. The lowest BCUT2D eigenvalue weighted by Gasteiger charge is -2.28. The third-order valence-corrected chi connectivity index (χ3v) is 5.39. The van der Waals surface area contributed by atoms with Gasteiger partial charge in [-0.25, -0.2) is 0 Å². The third kappa shape index (κ3) is 2.91. The Hall–Kier alpha value is -0.860. The van der Waals surface area contributed by atoms with Crippen LogP contribution in [0.3, 0.4) is 0 Å². The highest BCUT2D eigenvalue weighted by atomic mass is 15.2. The predicted molar refractivity (Wildman–Crippen MR) is 84.7 cm³/mol. The molecule has 110 valence electrons. The van der Waals surface area contributed by atoms with Crippen LogP contribution in [-0.2, 0) is 0 Å². The fraction of sp³-hybridized carbons (Fsp3) is 0.667. The summed E-state index contributed by atoms with van der Waals surface area (Å²) >= 11 is 0. The van der Waals surface area contributed by atoms with Crippen molar-refractivity contribution in [2.24, 2.45) is 17.8 Å². The Morgan fingerprint density at radius 1 is 1.15 bits per heavy atom. The Labute approximate surface area is 123 Å². The lowest BCUT2D eigenvalue weighted by molar-refractivity contribution is 0.238. The second-order valence-electron chi connectivity index (χ2n) is 6.82. The predicted octanol–water partition coefficient (Wildman–Crippen LogP) is 3.32. The van der Waals surface area contributed by atoms with Gasteiger partial charge in [0.2, 0.25) is 0 Å². The first-order valence-corrected chi connectivity index (χ1v) is 8.22. The van der Waals surface area contributed by atoms with Gasteiger partial charge in [-0.05, 0) is 43.2 Å². The summed E-state index contributed by atoms with van der Waals surface area (Å²) in [4.78, 5) is 2.71. The summed E-state index contributed by atoms with van der Waals surface area (Å²) < 4.78 is 0. The van der Waals surface area contributed by atoms with Crippen molar-refractivity contribution < 1.29 is 0 Å². The SMILES string of the molecule is CNC(c1ccccc1)C(C)CN1CC2CCCC2C1. The molecule has 4 atom stereocenters. The second kappa shape index (κ2) is 6.28. The molecular formula is C18H28N2. The molecule has 3 rings (SSSR count). The quantitative estimate of drug-likeness (QED) is 0.884. The van der Waals surface area contributed by atoms with E-state index in [2.05, 4.69) is 54.5 Å².